The number of guanidine groups is 1. The summed E-state index contributed by atoms with van der Waals surface area (Å²) in [4.78, 5) is 7.51. The third-order valence-electron chi connectivity index (χ3n) is 4.04. The van der Waals surface area contributed by atoms with Crippen LogP contribution < -0.4 is 11.5 Å². The lowest BCUT2D eigenvalue weighted by molar-refractivity contribution is -0.139. The largest absolute Gasteiger partial charge is 0.399 e. The van der Waals surface area contributed by atoms with Crippen LogP contribution in [0.5, 0.6) is 0 Å². The fourth-order valence-electron chi connectivity index (χ4n) is 2.48. The van der Waals surface area contributed by atoms with Crippen LogP contribution in [0.3, 0.4) is 0 Å². The lowest BCUT2D eigenvalue weighted by Crippen LogP contribution is -2.22. The van der Waals surface area contributed by atoms with Crippen LogP contribution in [0.25, 0.3) is 6.08 Å². The fourth-order valence-corrected chi connectivity index (χ4v) is 2.98. The van der Waals surface area contributed by atoms with Gasteiger partial charge in [0.15, 0.2) is 5.96 Å². The summed E-state index contributed by atoms with van der Waals surface area (Å²) in [5.41, 5.74) is 11.6. The Hall–Kier alpha value is -3.02. The fraction of sp³-hybridized carbons (Fsp3) is 0.150. The number of halogens is 5. The summed E-state index contributed by atoms with van der Waals surface area (Å²) in [6.45, 7) is 1.62. The molecule has 2 aromatic carbocycles. The van der Waals surface area contributed by atoms with Gasteiger partial charge in [0, 0.05) is 10.0 Å². The molecule has 0 aromatic heterocycles. The number of hydrogen-bond donors (Lipinski definition) is 2. The SMILES string of the molecule is Cc1c(Cl)cc(C(/C=C/c2ccc(N=CN=C(N)N)c(C#N)c2)C(F)(F)F)cc1Cl. The van der Waals surface area contributed by atoms with Crippen molar-refractivity contribution in [3.63, 3.8) is 0 Å². The molecule has 0 amide bonds. The second-order valence-corrected chi connectivity index (χ2v) is 6.99. The number of benzene rings is 2. The van der Waals surface area contributed by atoms with Gasteiger partial charge in [-0.05, 0) is 47.9 Å². The molecule has 0 aliphatic heterocycles. The second-order valence-electron chi connectivity index (χ2n) is 6.17. The Balaban J connectivity index is 2.40. The highest BCUT2D eigenvalue weighted by atomic mass is 35.5. The summed E-state index contributed by atoms with van der Waals surface area (Å²) in [7, 11) is 0. The zero-order valence-electron chi connectivity index (χ0n) is 15.6. The Kier molecular flexibility index (Phi) is 7.48. The maximum absolute atomic E-state index is 13.6. The Bertz CT molecular complexity index is 1040. The average molecular weight is 454 g/mol. The van der Waals surface area contributed by atoms with E-state index in [9.17, 15) is 18.4 Å². The summed E-state index contributed by atoms with van der Waals surface area (Å²) in [5.74, 6) is -2.13. The number of nitrogens with two attached hydrogens (primary N) is 2. The van der Waals surface area contributed by atoms with E-state index >= 15 is 0 Å². The highest BCUT2D eigenvalue weighted by Gasteiger charge is 2.39. The van der Waals surface area contributed by atoms with E-state index < -0.39 is 12.1 Å². The van der Waals surface area contributed by atoms with Crippen molar-refractivity contribution in [2.24, 2.45) is 21.5 Å². The van der Waals surface area contributed by atoms with Crippen LogP contribution in [0, 0.1) is 18.3 Å². The van der Waals surface area contributed by atoms with Crippen molar-refractivity contribution in [2.45, 2.75) is 19.0 Å². The van der Waals surface area contributed by atoms with Crippen LogP contribution in [-0.4, -0.2) is 18.5 Å². The Morgan fingerprint density at radius 2 is 1.80 bits per heavy atom. The molecule has 4 N–H and O–H groups in total. The van der Waals surface area contributed by atoms with Crippen LogP contribution >= 0.6 is 23.2 Å². The first kappa shape index (κ1) is 23.3. The molecule has 10 heteroatoms. The molecule has 1 unspecified atom stereocenters. The van der Waals surface area contributed by atoms with Gasteiger partial charge >= 0.3 is 6.18 Å². The Labute approximate surface area is 181 Å². The van der Waals surface area contributed by atoms with Crippen molar-refractivity contribution in [1.29, 1.82) is 5.26 Å². The van der Waals surface area contributed by atoms with E-state index in [1.165, 1.54) is 36.4 Å². The van der Waals surface area contributed by atoms with Crippen LogP contribution in [0.2, 0.25) is 10.0 Å². The third-order valence-corrected chi connectivity index (χ3v) is 4.83. The zero-order valence-corrected chi connectivity index (χ0v) is 17.1. The summed E-state index contributed by atoms with van der Waals surface area (Å²) >= 11 is 12.0. The van der Waals surface area contributed by atoms with E-state index in [0.29, 0.717) is 11.1 Å². The van der Waals surface area contributed by atoms with E-state index in [4.69, 9.17) is 34.7 Å². The number of alkyl halides is 3. The predicted octanol–water partition coefficient (Wildman–Crippen LogP) is 5.47. The zero-order chi connectivity index (χ0) is 22.5. The first-order valence-corrected chi connectivity index (χ1v) is 9.14. The van der Waals surface area contributed by atoms with Crippen LogP contribution in [0.15, 0.2) is 46.4 Å². The minimum atomic E-state index is -4.57. The van der Waals surface area contributed by atoms with E-state index in [-0.39, 0.29) is 32.8 Å². The van der Waals surface area contributed by atoms with Crippen molar-refractivity contribution >= 4 is 47.3 Å². The standard InChI is InChI=1S/C20H16Cl2F3N5/c1-11-16(21)7-13(8-17(11)22)15(20(23,24)25)4-2-12-3-5-18(14(6-12)9-26)29-10-30-19(27)28/h2-8,10,15H,1H3,(H4,27,28,29,30)/b4-2+. The third kappa shape index (κ3) is 5.99. The topological polar surface area (TPSA) is 101 Å². The molecular weight excluding hydrogens is 438 g/mol. The number of rotatable bonds is 5. The monoisotopic (exact) mass is 453 g/mol. The van der Waals surface area contributed by atoms with Gasteiger partial charge < -0.3 is 11.5 Å². The molecule has 0 saturated heterocycles. The van der Waals surface area contributed by atoms with Crippen molar-refractivity contribution in [1.82, 2.24) is 0 Å². The molecule has 156 valence electrons. The van der Waals surface area contributed by atoms with Crippen LogP contribution in [-0.2, 0) is 0 Å². The van der Waals surface area contributed by atoms with Gasteiger partial charge in [-0.2, -0.15) is 18.4 Å². The van der Waals surface area contributed by atoms with Crippen molar-refractivity contribution in [3.8, 4) is 6.07 Å². The van der Waals surface area contributed by atoms with Crippen LogP contribution in [0.1, 0.15) is 28.2 Å². The summed E-state index contributed by atoms with van der Waals surface area (Å²) < 4.78 is 40.9. The van der Waals surface area contributed by atoms with Gasteiger partial charge in [0.1, 0.15) is 12.4 Å². The number of allylic oxidation sites excluding steroid dienone is 1. The number of nitrogens with zero attached hydrogens (tertiary/aromatic N) is 3. The highest BCUT2D eigenvalue weighted by Crippen LogP contribution is 2.39. The molecule has 0 spiro atoms. The number of aliphatic imine (C=N–C) groups is 2. The Morgan fingerprint density at radius 1 is 1.17 bits per heavy atom. The van der Waals surface area contributed by atoms with Gasteiger partial charge in [-0.25, -0.2) is 9.98 Å². The molecule has 0 saturated carbocycles. The first-order chi connectivity index (χ1) is 14.0. The lowest BCUT2D eigenvalue weighted by atomic mass is 9.96. The van der Waals surface area contributed by atoms with Crippen molar-refractivity contribution < 1.29 is 13.2 Å². The smallest absolute Gasteiger partial charge is 0.370 e. The average Bonchev–Trinajstić information content (AvgIpc) is 2.65. The molecule has 0 aliphatic rings. The minimum absolute atomic E-state index is 0.0849. The molecule has 0 radical (unpaired) electrons. The maximum atomic E-state index is 13.6. The molecule has 5 nitrogen and oxygen atoms in total. The summed E-state index contributed by atoms with van der Waals surface area (Å²) in [6.07, 6.45) is -1.24. The molecule has 1 atom stereocenters. The minimum Gasteiger partial charge on any atom is -0.370 e. The molecule has 2 rings (SSSR count). The van der Waals surface area contributed by atoms with Gasteiger partial charge in [-0.3, -0.25) is 0 Å². The Morgan fingerprint density at radius 3 is 2.33 bits per heavy atom. The van der Waals surface area contributed by atoms with Gasteiger partial charge in [0.05, 0.1) is 17.2 Å². The van der Waals surface area contributed by atoms with E-state index in [2.05, 4.69) is 9.98 Å². The summed E-state index contributed by atoms with van der Waals surface area (Å²) in [5, 5.41) is 9.58. The lowest BCUT2D eigenvalue weighted by Gasteiger charge is -2.18. The van der Waals surface area contributed by atoms with E-state index in [0.717, 1.165) is 12.4 Å². The molecule has 0 aliphatic carbocycles. The van der Waals surface area contributed by atoms with Crippen molar-refractivity contribution in [3.05, 3.63) is 68.7 Å². The first-order valence-electron chi connectivity index (χ1n) is 8.38. The number of hydrogen-bond acceptors (Lipinski definition) is 2. The quantitative estimate of drug-likeness (QED) is 0.463. The highest BCUT2D eigenvalue weighted by molar-refractivity contribution is 6.36. The second kappa shape index (κ2) is 9.65. The van der Waals surface area contributed by atoms with Gasteiger partial charge in [0.2, 0.25) is 0 Å². The molecular formula is C20H16Cl2F3N5. The molecule has 0 fully saturated rings. The van der Waals surface area contributed by atoms with Gasteiger partial charge in [-0.1, -0.05) is 41.4 Å². The molecule has 30 heavy (non-hydrogen) atoms. The van der Waals surface area contributed by atoms with Gasteiger partial charge in [0.25, 0.3) is 0 Å². The number of nitriles is 1. The molecule has 2 aromatic rings. The van der Waals surface area contributed by atoms with Gasteiger partial charge in [-0.15, -0.1) is 0 Å². The maximum Gasteiger partial charge on any atom is 0.399 e. The van der Waals surface area contributed by atoms with Crippen molar-refractivity contribution in [2.75, 3.05) is 0 Å². The molecule has 0 bridgehead atoms. The van der Waals surface area contributed by atoms with E-state index in [1.54, 1.807) is 6.92 Å². The molecule has 0 heterocycles. The normalized spacial score (nSPS) is 12.8. The summed E-state index contributed by atoms with van der Waals surface area (Å²) in [6, 6.07) is 8.81. The predicted molar refractivity (Wildman–Crippen MR) is 114 cm³/mol. The van der Waals surface area contributed by atoms with E-state index in [1.807, 2.05) is 6.07 Å². The van der Waals surface area contributed by atoms with Crippen LogP contribution in [0.4, 0.5) is 18.9 Å².